The molecule has 2 fully saturated rings. The topological polar surface area (TPSA) is 77.3 Å². The average molecular weight is 435 g/mol. The lowest BCUT2D eigenvalue weighted by Crippen LogP contribution is -2.28. The number of carbonyl (C=O) groups is 2. The first-order valence-corrected chi connectivity index (χ1v) is 11.6. The van der Waals surface area contributed by atoms with Crippen molar-refractivity contribution in [1.82, 2.24) is 0 Å². The number of benzene rings is 2. The van der Waals surface area contributed by atoms with Crippen molar-refractivity contribution >= 4 is 12.2 Å². The van der Waals surface area contributed by atoms with E-state index in [1.807, 2.05) is 36.4 Å². The molecular formula is C26H30N2O4. The SMILES string of the molecule is O=C(/N=N/C(=O)O[C@@H]1CCCC[C@H]1c1ccccc1)O[C@@H]1CCCC[C@H]1c1ccccc1. The van der Waals surface area contributed by atoms with Crippen molar-refractivity contribution < 1.29 is 19.1 Å². The third kappa shape index (κ3) is 5.81. The summed E-state index contributed by atoms with van der Waals surface area (Å²) in [5, 5.41) is 7.00. The lowest BCUT2D eigenvalue weighted by atomic mass is 9.81. The predicted molar refractivity (Wildman–Crippen MR) is 121 cm³/mol. The molecule has 2 saturated carbocycles. The van der Waals surface area contributed by atoms with Gasteiger partial charge in [-0.3, -0.25) is 0 Å². The van der Waals surface area contributed by atoms with Gasteiger partial charge in [0.25, 0.3) is 0 Å². The predicted octanol–water partition coefficient (Wildman–Crippen LogP) is 7.16. The maximum atomic E-state index is 12.3. The summed E-state index contributed by atoms with van der Waals surface area (Å²) >= 11 is 0. The van der Waals surface area contributed by atoms with Crippen LogP contribution in [0.5, 0.6) is 0 Å². The summed E-state index contributed by atoms with van der Waals surface area (Å²) in [5.74, 6) is 0.287. The molecule has 168 valence electrons. The van der Waals surface area contributed by atoms with Crippen LogP contribution in [-0.4, -0.2) is 24.4 Å². The van der Waals surface area contributed by atoms with Crippen LogP contribution in [0.15, 0.2) is 70.9 Å². The molecule has 0 spiro atoms. The summed E-state index contributed by atoms with van der Waals surface area (Å²) in [7, 11) is 0. The first-order valence-electron chi connectivity index (χ1n) is 11.6. The minimum atomic E-state index is -0.835. The van der Waals surface area contributed by atoms with Gasteiger partial charge in [-0.25, -0.2) is 9.59 Å². The first kappa shape index (κ1) is 22.2. The Kier molecular flexibility index (Phi) is 7.64. The molecule has 6 nitrogen and oxygen atoms in total. The summed E-state index contributed by atoms with van der Waals surface area (Å²) in [6.45, 7) is 0. The van der Waals surface area contributed by atoms with Gasteiger partial charge in [0.1, 0.15) is 12.2 Å². The summed E-state index contributed by atoms with van der Waals surface area (Å²) < 4.78 is 11.2. The molecule has 4 atom stereocenters. The number of nitrogens with zero attached hydrogens (tertiary/aromatic N) is 2. The van der Waals surface area contributed by atoms with Crippen LogP contribution in [-0.2, 0) is 9.47 Å². The molecule has 2 aromatic rings. The van der Waals surface area contributed by atoms with E-state index in [4.69, 9.17) is 9.47 Å². The highest BCUT2D eigenvalue weighted by atomic mass is 16.6. The number of hydrogen-bond acceptors (Lipinski definition) is 4. The number of hydrogen-bond donors (Lipinski definition) is 0. The van der Waals surface area contributed by atoms with Gasteiger partial charge in [0, 0.05) is 11.8 Å². The minimum absolute atomic E-state index is 0.143. The van der Waals surface area contributed by atoms with E-state index in [1.54, 1.807) is 0 Å². The Hall–Kier alpha value is -3.02. The third-order valence-corrected chi connectivity index (χ3v) is 6.58. The van der Waals surface area contributed by atoms with Crippen molar-refractivity contribution in [3.8, 4) is 0 Å². The van der Waals surface area contributed by atoms with Gasteiger partial charge in [0.15, 0.2) is 0 Å². The number of amides is 2. The molecule has 0 aromatic heterocycles. The van der Waals surface area contributed by atoms with Crippen LogP contribution in [0.3, 0.4) is 0 Å². The van der Waals surface area contributed by atoms with Gasteiger partial charge in [-0.2, -0.15) is 0 Å². The molecule has 0 aliphatic heterocycles. The molecule has 4 rings (SSSR count). The van der Waals surface area contributed by atoms with Crippen LogP contribution >= 0.6 is 0 Å². The number of azo groups is 1. The molecule has 2 aliphatic rings. The zero-order chi connectivity index (χ0) is 22.2. The van der Waals surface area contributed by atoms with Crippen LogP contribution in [0, 0.1) is 0 Å². The Bertz CT molecular complexity index is 840. The van der Waals surface area contributed by atoms with E-state index < -0.39 is 12.2 Å². The molecule has 0 unspecified atom stereocenters. The van der Waals surface area contributed by atoms with Gasteiger partial charge in [0.05, 0.1) is 0 Å². The molecule has 6 heteroatoms. The highest BCUT2D eigenvalue weighted by Crippen LogP contribution is 2.36. The van der Waals surface area contributed by atoms with Crippen LogP contribution in [0.25, 0.3) is 0 Å². The Morgan fingerprint density at radius 2 is 0.969 bits per heavy atom. The van der Waals surface area contributed by atoms with E-state index >= 15 is 0 Å². The first-order chi connectivity index (χ1) is 15.7. The van der Waals surface area contributed by atoms with E-state index in [0.29, 0.717) is 0 Å². The van der Waals surface area contributed by atoms with E-state index in [-0.39, 0.29) is 24.0 Å². The van der Waals surface area contributed by atoms with Crippen LogP contribution < -0.4 is 0 Å². The molecule has 0 bridgehead atoms. The van der Waals surface area contributed by atoms with E-state index in [9.17, 15) is 9.59 Å². The zero-order valence-corrected chi connectivity index (χ0v) is 18.3. The van der Waals surface area contributed by atoms with Gasteiger partial charge in [-0.15, -0.1) is 0 Å². The van der Waals surface area contributed by atoms with Crippen molar-refractivity contribution in [3.63, 3.8) is 0 Å². The summed E-state index contributed by atoms with van der Waals surface area (Å²) in [6.07, 6.45) is 5.52. The maximum Gasteiger partial charge on any atom is 0.452 e. The van der Waals surface area contributed by atoms with Crippen molar-refractivity contribution in [1.29, 1.82) is 0 Å². The van der Waals surface area contributed by atoms with E-state index in [0.717, 1.165) is 62.5 Å². The van der Waals surface area contributed by atoms with Crippen molar-refractivity contribution in [2.24, 2.45) is 10.2 Å². The minimum Gasteiger partial charge on any atom is -0.443 e. The third-order valence-electron chi connectivity index (χ3n) is 6.58. The quantitative estimate of drug-likeness (QED) is 0.478. The van der Waals surface area contributed by atoms with Crippen LogP contribution in [0.4, 0.5) is 9.59 Å². The van der Waals surface area contributed by atoms with Gasteiger partial charge in [-0.1, -0.05) is 83.7 Å². The Morgan fingerprint density at radius 1 is 0.594 bits per heavy atom. The molecule has 2 amide bonds. The molecule has 32 heavy (non-hydrogen) atoms. The highest BCUT2D eigenvalue weighted by Gasteiger charge is 2.31. The van der Waals surface area contributed by atoms with Crippen molar-refractivity contribution in [2.75, 3.05) is 0 Å². The van der Waals surface area contributed by atoms with Crippen molar-refractivity contribution in [2.45, 2.75) is 75.4 Å². The lowest BCUT2D eigenvalue weighted by molar-refractivity contribution is 0.0605. The second kappa shape index (κ2) is 11.0. The fourth-order valence-electron chi connectivity index (χ4n) is 5.03. The average Bonchev–Trinajstić information content (AvgIpc) is 2.84. The number of rotatable bonds is 4. The molecular weight excluding hydrogens is 404 g/mol. The second-order valence-corrected chi connectivity index (χ2v) is 8.65. The number of carbonyl (C=O) groups excluding carboxylic acids is 2. The van der Waals surface area contributed by atoms with Gasteiger partial charge >= 0.3 is 12.2 Å². The molecule has 2 aliphatic carbocycles. The van der Waals surface area contributed by atoms with Crippen molar-refractivity contribution in [3.05, 3.63) is 71.8 Å². The van der Waals surface area contributed by atoms with Gasteiger partial charge < -0.3 is 9.47 Å². The number of ether oxygens (including phenoxy) is 2. The normalized spacial score (nSPS) is 25.9. The Morgan fingerprint density at radius 3 is 1.38 bits per heavy atom. The second-order valence-electron chi connectivity index (χ2n) is 8.65. The fourth-order valence-corrected chi connectivity index (χ4v) is 5.03. The maximum absolute atomic E-state index is 12.3. The molecule has 0 saturated heterocycles. The molecule has 0 radical (unpaired) electrons. The highest BCUT2D eigenvalue weighted by molar-refractivity contribution is 5.73. The molecule has 2 aromatic carbocycles. The van der Waals surface area contributed by atoms with E-state index in [2.05, 4.69) is 34.5 Å². The van der Waals surface area contributed by atoms with Gasteiger partial charge in [0.2, 0.25) is 0 Å². The fraction of sp³-hybridized carbons (Fsp3) is 0.462. The van der Waals surface area contributed by atoms with Gasteiger partial charge in [-0.05, 0) is 49.7 Å². The summed E-state index contributed by atoms with van der Waals surface area (Å²) in [4.78, 5) is 24.6. The summed E-state index contributed by atoms with van der Waals surface area (Å²) in [5.41, 5.74) is 2.32. The van der Waals surface area contributed by atoms with E-state index in [1.165, 1.54) is 0 Å². The largest absolute Gasteiger partial charge is 0.452 e. The molecule has 0 heterocycles. The standard InChI is InChI=1S/C26H30N2O4/c29-25(31-23-17-9-7-15-21(23)19-11-3-1-4-12-19)27-28-26(30)32-24-18-10-8-16-22(24)20-13-5-2-6-14-20/h1-6,11-14,21-24H,7-10,15-18H2/b28-27+/t21-,22-,23+,24+/m0/s1. The van der Waals surface area contributed by atoms with Crippen LogP contribution in [0.2, 0.25) is 0 Å². The Balaban J connectivity index is 1.33. The van der Waals surface area contributed by atoms with Crippen LogP contribution in [0.1, 0.15) is 74.3 Å². The Labute approximate surface area is 189 Å². The smallest absolute Gasteiger partial charge is 0.443 e. The monoisotopic (exact) mass is 434 g/mol. The lowest BCUT2D eigenvalue weighted by Gasteiger charge is -2.31. The zero-order valence-electron chi connectivity index (χ0n) is 18.3. The summed E-state index contributed by atoms with van der Waals surface area (Å²) in [6, 6.07) is 20.2. The molecule has 0 N–H and O–H groups in total.